The van der Waals surface area contributed by atoms with Gasteiger partial charge in [-0.25, -0.2) is 4.79 Å². The second-order valence-electron chi connectivity index (χ2n) is 2.80. The topological polar surface area (TPSA) is 119 Å². The summed E-state index contributed by atoms with van der Waals surface area (Å²) in [5.74, 6) is -0.653. The summed E-state index contributed by atoms with van der Waals surface area (Å²) < 4.78 is 34.7. The normalized spacial score (nSPS) is 21.1. The van der Waals surface area contributed by atoms with Crippen LogP contribution in [-0.4, -0.2) is 31.4 Å². The lowest BCUT2D eigenvalue weighted by molar-refractivity contribution is -0.135. The van der Waals surface area contributed by atoms with Crippen molar-refractivity contribution >= 4 is 16.1 Å². The van der Waals surface area contributed by atoms with Crippen molar-refractivity contribution in [3.63, 3.8) is 0 Å². The molecule has 8 heteroatoms. The molecule has 1 aliphatic heterocycles. The highest BCUT2D eigenvalue weighted by Gasteiger charge is 2.28. The van der Waals surface area contributed by atoms with Gasteiger partial charge in [0.15, 0.2) is 5.37 Å². The second-order valence-corrected chi connectivity index (χ2v) is 4.30. The SMILES string of the molecule is COC(=O)C1=CNC(S(=O)(=O)O)C(N)=C1. The number of esters is 1. The third-order valence-corrected chi connectivity index (χ3v) is 2.74. The first-order valence-electron chi connectivity index (χ1n) is 3.84. The molecule has 0 saturated heterocycles. The maximum atomic E-state index is 11.0. The van der Waals surface area contributed by atoms with Crippen LogP contribution in [-0.2, 0) is 19.6 Å². The van der Waals surface area contributed by atoms with E-state index in [2.05, 4.69) is 10.1 Å². The summed E-state index contributed by atoms with van der Waals surface area (Å²) in [6.07, 6.45) is 2.24. The molecule has 1 aliphatic rings. The Morgan fingerprint density at radius 2 is 2.27 bits per heavy atom. The van der Waals surface area contributed by atoms with Crippen LogP contribution in [0.25, 0.3) is 0 Å². The molecule has 0 aromatic heterocycles. The summed E-state index contributed by atoms with van der Waals surface area (Å²) in [6.45, 7) is 0. The Labute approximate surface area is 86.3 Å². The fourth-order valence-corrected chi connectivity index (χ4v) is 1.70. The minimum absolute atomic E-state index is 0.0786. The van der Waals surface area contributed by atoms with E-state index in [9.17, 15) is 13.2 Å². The summed E-state index contributed by atoms with van der Waals surface area (Å²) >= 11 is 0. The summed E-state index contributed by atoms with van der Waals surface area (Å²) in [6, 6.07) is 0. The molecule has 84 valence electrons. The average Bonchev–Trinajstić information content (AvgIpc) is 2.14. The van der Waals surface area contributed by atoms with Crippen molar-refractivity contribution in [1.29, 1.82) is 0 Å². The number of carbonyl (C=O) groups is 1. The lowest BCUT2D eigenvalue weighted by atomic mass is 10.2. The van der Waals surface area contributed by atoms with E-state index >= 15 is 0 Å². The quantitative estimate of drug-likeness (QED) is 0.401. The molecule has 0 amide bonds. The van der Waals surface area contributed by atoms with Crippen LogP contribution in [0.2, 0.25) is 0 Å². The monoisotopic (exact) mass is 234 g/mol. The molecule has 4 N–H and O–H groups in total. The molecular formula is C7H10N2O5S. The molecule has 7 nitrogen and oxygen atoms in total. The number of rotatable bonds is 2. The minimum Gasteiger partial charge on any atom is -0.465 e. The van der Waals surface area contributed by atoms with Gasteiger partial charge in [-0.05, 0) is 6.08 Å². The molecule has 15 heavy (non-hydrogen) atoms. The number of nitrogens with two attached hydrogens (primary N) is 1. The summed E-state index contributed by atoms with van der Waals surface area (Å²) in [5.41, 5.74) is 5.26. The van der Waals surface area contributed by atoms with Crippen molar-refractivity contribution in [3.8, 4) is 0 Å². The summed E-state index contributed by atoms with van der Waals surface area (Å²) in [4.78, 5) is 11.0. The van der Waals surface area contributed by atoms with E-state index in [1.807, 2.05) is 0 Å². The van der Waals surface area contributed by atoms with E-state index in [1.54, 1.807) is 0 Å². The van der Waals surface area contributed by atoms with E-state index in [0.717, 1.165) is 12.3 Å². The van der Waals surface area contributed by atoms with E-state index in [-0.39, 0.29) is 11.3 Å². The number of methoxy groups -OCH3 is 1. The fraction of sp³-hybridized carbons (Fsp3) is 0.286. The second kappa shape index (κ2) is 3.91. The summed E-state index contributed by atoms with van der Waals surface area (Å²) in [7, 11) is -3.15. The van der Waals surface area contributed by atoms with Crippen LogP contribution in [0.15, 0.2) is 23.5 Å². The molecule has 0 aromatic rings. The molecule has 1 heterocycles. The smallest absolute Gasteiger partial charge is 0.339 e. The Balaban J connectivity index is 2.95. The van der Waals surface area contributed by atoms with Crippen LogP contribution < -0.4 is 11.1 Å². The fourth-order valence-electron chi connectivity index (χ4n) is 1.05. The molecule has 1 unspecified atom stereocenters. The standard InChI is InChI=1S/C7H10N2O5S/c1-14-7(10)4-2-5(8)6(9-3-4)15(11,12)13/h2-3,6,9H,8H2,1H3,(H,11,12,13). The van der Waals surface area contributed by atoms with Crippen molar-refractivity contribution in [2.75, 3.05) is 7.11 Å². The van der Waals surface area contributed by atoms with Gasteiger partial charge in [0, 0.05) is 11.9 Å². The highest BCUT2D eigenvalue weighted by atomic mass is 32.2. The molecule has 0 saturated carbocycles. The van der Waals surface area contributed by atoms with Gasteiger partial charge < -0.3 is 15.8 Å². The van der Waals surface area contributed by atoms with Crippen molar-refractivity contribution in [2.24, 2.45) is 5.73 Å². The van der Waals surface area contributed by atoms with E-state index in [0.29, 0.717) is 0 Å². The van der Waals surface area contributed by atoms with Crippen molar-refractivity contribution in [2.45, 2.75) is 5.37 Å². The van der Waals surface area contributed by atoms with Crippen LogP contribution in [0.1, 0.15) is 0 Å². The van der Waals surface area contributed by atoms with Crippen LogP contribution in [0.5, 0.6) is 0 Å². The van der Waals surface area contributed by atoms with E-state index in [4.69, 9.17) is 10.3 Å². The highest BCUT2D eigenvalue weighted by molar-refractivity contribution is 7.86. The predicted octanol–water partition coefficient (Wildman–Crippen LogP) is -1.30. The van der Waals surface area contributed by atoms with E-state index < -0.39 is 21.5 Å². The van der Waals surface area contributed by atoms with Gasteiger partial charge in [-0.1, -0.05) is 0 Å². The number of hydrogen-bond donors (Lipinski definition) is 3. The van der Waals surface area contributed by atoms with Crippen molar-refractivity contribution in [3.05, 3.63) is 23.5 Å². The number of dihydropyridines is 1. The van der Waals surface area contributed by atoms with Gasteiger partial charge in [-0.3, -0.25) is 4.55 Å². The minimum atomic E-state index is -4.33. The van der Waals surface area contributed by atoms with Crippen molar-refractivity contribution < 1.29 is 22.5 Å². The van der Waals surface area contributed by atoms with Crippen LogP contribution in [0.3, 0.4) is 0 Å². The van der Waals surface area contributed by atoms with E-state index in [1.165, 1.54) is 7.11 Å². The lowest BCUT2D eigenvalue weighted by Crippen LogP contribution is -2.40. The molecule has 0 radical (unpaired) electrons. The van der Waals surface area contributed by atoms with Gasteiger partial charge in [0.2, 0.25) is 0 Å². The molecule has 0 fully saturated rings. The third kappa shape index (κ3) is 2.48. The van der Waals surface area contributed by atoms with Gasteiger partial charge in [0.1, 0.15) is 0 Å². The molecule has 0 aromatic carbocycles. The third-order valence-electron chi connectivity index (χ3n) is 1.73. The number of nitrogens with one attached hydrogen (secondary N) is 1. The van der Waals surface area contributed by atoms with Gasteiger partial charge in [-0.15, -0.1) is 0 Å². The number of carbonyl (C=O) groups excluding carboxylic acids is 1. The Hall–Kier alpha value is -1.54. The van der Waals surface area contributed by atoms with Crippen LogP contribution in [0.4, 0.5) is 0 Å². The zero-order valence-electron chi connectivity index (χ0n) is 7.80. The Morgan fingerprint density at radius 1 is 1.67 bits per heavy atom. The lowest BCUT2D eigenvalue weighted by Gasteiger charge is -2.19. The number of ether oxygens (including phenoxy) is 1. The predicted molar refractivity (Wildman–Crippen MR) is 50.8 cm³/mol. The van der Waals surface area contributed by atoms with Crippen molar-refractivity contribution in [1.82, 2.24) is 5.32 Å². The largest absolute Gasteiger partial charge is 0.465 e. The Morgan fingerprint density at radius 3 is 2.67 bits per heavy atom. The molecule has 0 bridgehead atoms. The molecule has 0 spiro atoms. The number of hydrogen-bond acceptors (Lipinski definition) is 6. The van der Waals surface area contributed by atoms with Crippen LogP contribution >= 0.6 is 0 Å². The maximum absolute atomic E-state index is 11.0. The first-order valence-corrected chi connectivity index (χ1v) is 5.34. The maximum Gasteiger partial charge on any atom is 0.339 e. The molecular weight excluding hydrogens is 224 g/mol. The first-order chi connectivity index (χ1) is 6.86. The Bertz CT molecular complexity index is 436. The molecule has 0 aliphatic carbocycles. The summed E-state index contributed by atoms with van der Waals surface area (Å²) in [5, 5.41) is 0.855. The Kier molecular flexibility index (Phi) is 3.01. The van der Waals surface area contributed by atoms with Gasteiger partial charge in [-0.2, -0.15) is 8.42 Å². The van der Waals surface area contributed by atoms with Crippen LogP contribution in [0, 0.1) is 0 Å². The average molecular weight is 234 g/mol. The molecule has 1 atom stereocenters. The molecule has 1 rings (SSSR count). The highest BCUT2D eigenvalue weighted by Crippen LogP contribution is 2.13. The van der Waals surface area contributed by atoms with Gasteiger partial charge in [0.05, 0.1) is 12.7 Å². The first kappa shape index (κ1) is 11.5. The van der Waals surface area contributed by atoms with Gasteiger partial charge >= 0.3 is 5.97 Å². The zero-order chi connectivity index (χ0) is 11.6. The zero-order valence-corrected chi connectivity index (χ0v) is 8.61. The van der Waals surface area contributed by atoms with Gasteiger partial charge in [0.25, 0.3) is 10.1 Å².